The number of hydroxylamine groups is 2. The van der Waals surface area contributed by atoms with Crippen LogP contribution in [0.2, 0.25) is 10.3 Å². The molecular weight excluding hydrogens is 369 g/mol. The van der Waals surface area contributed by atoms with Gasteiger partial charge in [-0.05, 0) is 18.2 Å². The summed E-state index contributed by atoms with van der Waals surface area (Å²) in [7, 11) is 0. The van der Waals surface area contributed by atoms with Gasteiger partial charge < -0.3 is 4.84 Å². The van der Waals surface area contributed by atoms with Crippen molar-refractivity contribution in [2.24, 2.45) is 0 Å². The van der Waals surface area contributed by atoms with Gasteiger partial charge in [0.25, 0.3) is 11.8 Å². The van der Waals surface area contributed by atoms with Crippen LogP contribution in [0.15, 0.2) is 42.6 Å². The largest absolute Gasteiger partial charge is 0.364 e. The maximum Gasteiger partial charge on any atom is 0.295 e. The van der Waals surface area contributed by atoms with Gasteiger partial charge in [-0.15, -0.1) is 10.2 Å². The number of hydrogen-bond donors (Lipinski definition) is 0. The maximum atomic E-state index is 12.4. The molecule has 0 aliphatic carbocycles. The van der Waals surface area contributed by atoms with Gasteiger partial charge in [0.2, 0.25) is 11.6 Å². The molecule has 0 saturated heterocycles. The molecule has 124 valence electrons. The molecule has 1 aliphatic heterocycles. The average molecular weight is 376 g/mol. The fraction of sp³-hybridized carbons (Fsp3) is 0. The summed E-state index contributed by atoms with van der Waals surface area (Å²) in [6, 6.07) is 9.27. The van der Waals surface area contributed by atoms with Gasteiger partial charge in [0.05, 0.1) is 11.1 Å². The Balaban J connectivity index is 1.74. The molecule has 0 radical (unpaired) electrons. The molecule has 8 nitrogen and oxygen atoms in total. The summed E-state index contributed by atoms with van der Waals surface area (Å²) in [5.41, 5.74) is 0.508. The Morgan fingerprint density at radius 2 is 1.60 bits per heavy atom. The molecule has 0 unspecified atom stereocenters. The summed E-state index contributed by atoms with van der Waals surface area (Å²) in [5, 5.41) is 12.5. The first kappa shape index (κ1) is 15.6. The van der Waals surface area contributed by atoms with Gasteiger partial charge in [-0.2, -0.15) is 5.10 Å². The van der Waals surface area contributed by atoms with E-state index in [0.717, 1.165) is 0 Å². The minimum Gasteiger partial charge on any atom is -0.364 e. The zero-order valence-corrected chi connectivity index (χ0v) is 13.8. The Morgan fingerprint density at radius 3 is 2.20 bits per heavy atom. The van der Waals surface area contributed by atoms with E-state index in [1.54, 1.807) is 24.3 Å². The van der Waals surface area contributed by atoms with Gasteiger partial charge in [-0.3, -0.25) is 9.59 Å². The third-order valence-corrected chi connectivity index (χ3v) is 3.82. The highest BCUT2D eigenvalue weighted by Crippen LogP contribution is 2.28. The summed E-state index contributed by atoms with van der Waals surface area (Å²) < 4.78 is 1.29. The second-order valence-corrected chi connectivity index (χ2v) is 5.75. The standard InChI is InChI=1S/C15H7Cl2N5O3/c16-11-5-6-21(20-11)13-10(7-12(17)18-19-13)25-22-14(23)8-3-1-2-4-9(8)15(22)24/h1-7H. The predicted octanol–water partition coefficient (Wildman–Crippen LogP) is 2.56. The number of imide groups is 1. The van der Waals surface area contributed by atoms with Crippen LogP contribution < -0.4 is 4.84 Å². The number of aromatic nitrogens is 4. The zero-order chi connectivity index (χ0) is 17.6. The van der Waals surface area contributed by atoms with E-state index in [-0.39, 0.29) is 33.0 Å². The van der Waals surface area contributed by atoms with Crippen LogP contribution in [0, 0.1) is 0 Å². The molecule has 3 aromatic rings. The molecule has 2 amide bonds. The Hall–Kier alpha value is -2.97. The number of nitrogens with zero attached hydrogens (tertiary/aromatic N) is 5. The lowest BCUT2D eigenvalue weighted by atomic mass is 10.1. The number of benzene rings is 1. The average Bonchev–Trinajstić information content (AvgIpc) is 3.13. The van der Waals surface area contributed by atoms with Crippen molar-refractivity contribution < 1.29 is 14.4 Å². The molecule has 1 aromatic carbocycles. The molecule has 0 bridgehead atoms. The minimum absolute atomic E-state index is 0.0219. The van der Waals surface area contributed by atoms with E-state index in [1.807, 2.05) is 0 Å². The lowest BCUT2D eigenvalue weighted by Gasteiger charge is -2.16. The van der Waals surface area contributed by atoms with Crippen molar-refractivity contribution >= 4 is 35.0 Å². The van der Waals surface area contributed by atoms with E-state index in [1.165, 1.54) is 23.0 Å². The highest BCUT2D eigenvalue weighted by atomic mass is 35.5. The molecule has 0 spiro atoms. The van der Waals surface area contributed by atoms with Crippen LogP contribution in [0.5, 0.6) is 5.75 Å². The van der Waals surface area contributed by atoms with Crippen molar-refractivity contribution in [1.29, 1.82) is 0 Å². The van der Waals surface area contributed by atoms with Crippen molar-refractivity contribution in [3.05, 3.63) is 64.0 Å². The first-order chi connectivity index (χ1) is 12.0. The van der Waals surface area contributed by atoms with Crippen LogP contribution in [-0.4, -0.2) is 36.9 Å². The lowest BCUT2D eigenvalue weighted by Crippen LogP contribution is -2.33. The van der Waals surface area contributed by atoms with Gasteiger partial charge in [0.1, 0.15) is 0 Å². The zero-order valence-electron chi connectivity index (χ0n) is 12.3. The van der Waals surface area contributed by atoms with E-state index in [2.05, 4.69) is 15.3 Å². The third-order valence-electron chi connectivity index (χ3n) is 3.43. The minimum atomic E-state index is -0.585. The predicted molar refractivity (Wildman–Crippen MR) is 86.7 cm³/mol. The smallest absolute Gasteiger partial charge is 0.295 e. The monoisotopic (exact) mass is 375 g/mol. The second kappa shape index (κ2) is 5.83. The summed E-state index contributed by atoms with van der Waals surface area (Å²) in [5.74, 6) is -1.03. The van der Waals surface area contributed by atoms with Crippen LogP contribution in [0.1, 0.15) is 20.7 Å². The Morgan fingerprint density at radius 1 is 0.920 bits per heavy atom. The maximum absolute atomic E-state index is 12.4. The molecule has 2 aromatic heterocycles. The van der Waals surface area contributed by atoms with E-state index < -0.39 is 11.8 Å². The summed E-state index contributed by atoms with van der Waals surface area (Å²) in [4.78, 5) is 30.3. The van der Waals surface area contributed by atoms with E-state index in [9.17, 15) is 9.59 Å². The molecule has 0 N–H and O–H groups in total. The first-order valence-corrected chi connectivity index (χ1v) is 7.71. The normalized spacial score (nSPS) is 13.3. The van der Waals surface area contributed by atoms with Crippen molar-refractivity contribution in [2.75, 3.05) is 0 Å². The van der Waals surface area contributed by atoms with Gasteiger partial charge >= 0.3 is 0 Å². The van der Waals surface area contributed by atoms with Crippen LogP contribution >= 0.6 is 23.2 Å². The second-order valence-electron chi connectivity index (χ2n) is 4.98. The molecular formula is C15H7Cl2N5O3. The van der Waals surface area contributed by atoms with Crippen molar-refractivity contribution in [3.8, 4) is 11.6 Å². The topological polar surface area (TPSA) is 90.2 Å². The van der Waals surface area contributed by atoms with Gasteiger partial charge in [-0.1, -0.05) is 40.4 Å². The van der Waals surface area contributed by atoms with Crippen molar-refractivity contribution in [2.45, 2.75) is 0 Å². The molecule has 25 heavy (non-hydrogen) atoms. The lowest BCUT2D eigenvalue weighted by molar-refractivity contribution is -0.0144. The number of hydrogen-bond acceptors (Lipinski definition) is 6. The molecule has 0 fully saturated rings. The number of amides is 2. The number of carbonyl (C=O) groups is 2. The highest BCUT2D eigenvalue weighted by molar-refractivity contribution is 6.29. The van der Waals surface area contributed by atoms with E-state index in [0.29, 0.717) is 5.06 Å². The Kier molecular flexibility index (Phi) is 3.63. The van der Waals surface area contributed by atoms with Crippen LogP contribution in [0.4, 0.5) is 0 Å². The van der Waals surface area contributed by atoms with Crippen LogP contribution in [-0.2, 0) is 0 Å². The SMILES string of the molecule is O=C1c2ccccc2C(=O)N1Oc1cc(Cl)nnc1-n1ccc(Cl)n1. The quantitative estimate of drug-likeness (QED) is 0.653. The summed E-state index contributed by atoms with van der Waals surface area (Å²) in [6.07, 6.45) is 1.52. The van der Waals surface area contributed by atoms with E-state index >= 15 is 0 Å². The van der Waals surface area contributed by atoms with Gasteiger partial charge in [0.15, 0.2) is 10.3 Å². The van der Waals surface area contributed by atoms with Gasteiger partial charge in [-0.25, -0.2) is 4.68 Å². The molecule has 1 aliphatic rings. The molecule has 0 saturated carbocycles. The number of halogens is 2. The summed E-state index contributed by atoms with van der Waals surface area (Å²) in [6.45, 7) is 0. The Labute approximate surface area is 150 Å². The van der Waals surface area contributed by atoms with Gasteiger partial charge in [0, 0.05) is 12.3 Å². The fourth-order valence-electron chi connectivity index (χ4n) is 2.34. The first-order valence-electron chi connectivity index (χ1n) is 6.95. The molecule has 3 heterocycles. The summed E-state index contributed by atoms with van der Waals surface area (Å²) >= 11 is 11.7. The third kappa shape index (κ3) is 2.61. The van der Waals surface area contributed by atoms with Crippen LogP contribution in [0.25, 0.3) is 5.82 Å². The number of carbonyl (C=O) groups excluding carboxylic acids is 2. The molecule has 10 heteroatoms. The highest BCUT2D eigenvalue weighted by Gasteiger charge is 2.38. The van der Waals surface area contributed by atoms with Crippen molar-refractivity contribution in [3.63, 3.8) is 0 Å². The molecule has 0 atom stereocenters. The Bertz CT molecular complexity index is 985. The van der Waals surface area contributed by atoms with Crippen molar-refractivity contribution in [1.82, 2.24) is 25.0 Å². The molecule has 4 rings (SSSR count). The van der Waals surface area contributed by atoms with Crippen LogP contribution in [0.3, 0.4) is 0 Å². The fourth-order valence-corrected chi connectivity index (χ4v) is 2.61. The number of rotatable bonds is 3. The number of fused-ring (bicyclic) bond motifs is 1. The van der Waals surface area contributed by atoms with E-state index in [4.69, 9.17) is 28.0 Å².